The van der Waals surface area contributed by atoms with Crippen LogP contribution < -0.4 is 5.32 Å². The second-order valence-corrected chi connectivity index (χ2v) is 4.45. The number of hydrogen-bond acceptors (Lipinski definition) is 5. The number of hydrogen-bond donors (Lipinski definition) is 1. The van der Waals surface area contributed by atoms with Crippen molar-refractivity contribution in [1.82, 2.24) is 25.3 Å². The van der Waals surface area contributed by atoms with E-state index in [0.29, 0.717) is 11.6 Å². The quantitative estimate of drug-likeness (QED) is 0.830. The lowest BCUT2D eigenvalue weighted by molar-refractivity contribution is 0.665. The maximum atomic E-state index is 4.51. The number of nitrogens with zero attached hydrogens (tertiary/aromatic N) is 4. The average molecular weight is 257 g/mol. The molecule has 0 aliphatic rings. The fourth-order valence-corrected chi connectivity index (χ4v) is 1.90. The molecule has 2 rings (SSSR count). The second-order valence-electron chi connectivity index (χ2n) is 4.45. The van der Waals surface area contributed by atoms with Crippen molar-refractivity contribution in [1.29, 1.82) is 0 Å². The molecule has 5 heteroatoms. The van der Waals surface area contributed by atoms with E-state index in [1.165, 1.54) is 0 Å². The zero-order valence-corrected chi connectivity index (χ0v) is 11.6. The Morgan fingerprint density at radius 1 is 1.00 bits per heavy atom. The summed E-state index contributed by atoms with van der Waals surface area (Å²) in [5, 5.41) is 3.38. The Hall–Kier alpha value is -1.88. The van der Waals surface area contributed by atoms with Crippen molar-refractivity contribution in [3.8, 4) is 11.6 Å². The van der Waals surface area contributed by atoms with E-state index < -0.39 is 0 Å². The topological polar surface area (TPSA) is 63.6 Å². The molecule has 0 unspecified atom stereocenters. The van der Waals surface area contributed by atoms with Crippen LogP contribution in [0.4, 0.5) is 0 Å². The summed E-state index contributed by atoms with van der Waals surface area (Å²) in [4.78, 5) is 17.4. The van der Waals surface area contributed by atoms with Gasteiger partial charge in [-0.05, 0) is 32.9 Å². The van der Waals surface area contributed by atoms with Gasteiger partial charge in [-0.3, -0.25) is 0 Å². The molecule has 0 aliphatic heterocycles. The molecule has 0 spiro atoms. The van der Waals surface area contributed by atoms with Crippen LogP contribution in [0.25, 0.3) is 11.6 Å². The van der Waals surface area contributed by atoms with E-state index in [0.717, 1.165) is 36.5 Å². The zero-order chi connectivity index (χ0) is 13.7. The highest BCUT2D eigenvalue weighted by Gasteiger charge is 2.10. The molecule has 0 saturated carbocycles. The minimum Gasteiger partial charge on any atom is -0.313 e. The molecule has 19 heavy (non-hydrogen) atoms. The van der Waals surface area contributed by atoms with E-state index >= 15 is 0 Å². The van der Waals surface area contributed by atoms with Crippen molar-refractivity contribution in [2.45, 2.75) is 33.7 Å². The van der Waals surface area contributed by atoms with Crippen LogP contribution in [0.15, 0.2) is 18.5 Å². The van der Waals surface area contributed by atoms with Gasteiger partial charge in [0.05, 0.1) is 0 Å². The van der Waals surface area contributed by atoms with Crippen LogP contribution in [-0.2, 0) is 6.54 Å². The maximum absolute atomic E-state index is 4.51. The van der Waals surface area contributed by atoms with E-state index in [-0.39, 0.29) is 0 Å². The van der Waals surface area contributed by atoms with Crippen molar-refractivity contribution < 1.29 is 0 Å². The Labute approximate surface area is 113 Å². The number of rotatable bonds is 5. The van der Waals surface area contributed by atoms with E-state index in [9.17, 15) is 0 Å². The molecule has 5 nitrogen and oxygen atoms in total. The standard InChI is InChI=1S/C14H19N5/c1-4-6-15-9-12-10(2)18-14(19-11(12)3)13-16-7-5-8-17-13/h5,7-8,15H,4,6,9H2,1-3H3. The van der Waals surface area contributed by atoms with Gasteiger partial charge in [0.15, 0.2) is 11.6 Å². The summed E-state index contributed by atoms with van der Waals surface area (Å²) in [5.41, 5.74) is 3.13. The lowest BCUT2D eigenvalue weighted by atomic mass is 10.1. The molecule has 100 valence electrons. The molecule has 0 saturated heterocycles. The molecule has 0 radical (unpaired) electrons. The molecule has 0 aromatic carbocycles. The normalized spacial score (nSPS) is 10.7. The maximum Gasteiger partial charge on any atom is 0.198 e. The first-order valence-corrected chi connectivity index (χ1v) is 6.54. The van der Waals surface area contributed by atoms with E-state index in [1.54, 1.807) is 18.5 Å². The minimum atomic E-state index is 0.571. The molecule has 0 atom stereocenters. The first-order valence-electron chi connectivity index (χ1n) is 6.54. The third-order valence-corrected chi connectivity index (χ3v) is 2.92. The molecular weight excluding hydrogens is 238 g/mol. The Morgan fingerprint density at radius 2 is 1.63 bits per heavy atom. The highest BCUT2D eigenvalue weighted by molar-refractivity contribution is 5.44. The van der Waals surface area contributed by atoms with Gasteiger partial charge in [0, 0.05) is 35.9 Å². The summed E-state index contributed by atoms with van der Waals surface area (Å²) >= 11 is 0. The molecule has 0 bridgehead atoms. The summed E-state index contributed by atoms with van der Waals surface area (Å²) in [6.45, 7) is 7.97. The minimum absolute atomic E-state index is 0.571. The van der Waals surface area contributed by atoms with E-state index in [2.05, 4.69) is 32.2 Å². The van der Waals surface area contributed by atoms with Gasteiger partial charge in [-0.15, -0.1) is 0 Å². The van der Waals surface area contributed by atoms with Crippen molar-refractivity contribution >= 4 is 0 Å². The van der Waals surface area contributed by atoms with Gasteiger partial charge in [0.2, 0.25) is 0 Å². The van der Waals surface area contributed by atoms with Gasteiger partial charge in [0.25, 0.3) is 0 Å². The third-order valence-electron chi connectivity index (χ3n) is 2.92. The van der Waals surface area contributed by atoms with Crippen LogP contribution in [0.3, 0.4) is 0 Å². The molecule has 2 aromatic rings. The smallest absolute Gasteiger partial charge is 0.198 e. The molecule has 2 aromatic heterocycles. The zero-order valence-electron chi connectivity index (χ0n) is 11.6. The highest BCUT2D eigenvalue weighted by Crippen LogP contribution is 2.15. The number of aromatic nitrogens is 4. The lowest BCUT2D eigenvalue weighted by Crippen LogP contribution is -2.17. The van der Waals surface area contributed by atoms with Crippen LogP contribution in [0.1, 0.15) is 30.3 Å². The predicted octanol–water partition coefficient (Wildman–Crippen LogP) is 2.05. The van der Waals surface area contributed by atoms with Crippen molar-refractivity contribution in [2.75, 3.05) is 6.54 Å². The van der Waals surface area contributed by atoms with Crippen LogP contribution in [0, 0.1) is 13.8 Å². The van der Waals surface area contributed by atoms with Gasteiger partial charge in [-0.25, -0.2) is 19.9 Å². The molecule has 0 aliphatic carbocycles. The molecular formula is C14H19N5. The van der Waals surface area contributed by atoms with Crippen molar-refractivity contribution in [3.05, 3.63) is 35.4 Å². The van der Waals surface area contributed by atoms with Crippen molar-refractivity contribution in [2.24, 2.45) is 0 Å². The summed E-state index contributed by atoms with van der Waals surface area (Å²) in [6.07, 6.45) is 4.52. The van der Waals surface area contributed by atoms with Crippen molar-refractivity contribution in [3.63, 3.8) is 0 Å². The van der Waals surface area contributed by atoms with E-state index in [4.69, 9.17) is 0 Å². The van der Waals surface area contributed by atoms with Gasteiger partial charge in [-0.1, -0.05) is 6.92 Å². The molecule has 2 heterocycles. The summed E-state index contributed by atoms with van der Waals surface area (Å²) in [7, 11) is 0. The van der Waals surface area contributed by atoms with Gasteiger partial charge in [0.1, 0.15) is 0 Å². The SMILES string of the molecule is CCCNCc1c(C)nc(-c2ncccn2)nc1C. The summed E-state index contributed by atoms with van der Waals surface area (Å²) < 4.78 is 0. The van der Waals surface area contributed by atoms with Crippen LogP contribution in [-0.4, -0.2) is 26.5 Å². The van der Waals surface area contributed by atoms with Crippen LogP contribution in [0.5, 0.6) is 0 Å². The van der Waals surface area contributed by atoms with Gasteiger partial charge < -0.3 is 5.32 Å². The molecule has 1 N–H and O–H groups in total. The summed E-state index contributed by atoms with van der Waals surface area (Å²) in [6, 6.07) is 1.78. The second kappa shape index (κ2) is 6.33. The Morgan fingerprint density at radius 3 is 2.21 bits per heavy atom. The van der Waals surface area contributed by atoms with Gasteiger partial charge >= 0.3 is 0 Å². The van der Waals surface area contributed by atoms with Crippen LogP contribution >= 0.6 is 0 Å². The summed E-state index contributed by atoms with van der Waals surface area (Å²) in [5.74, 6) is 1.16. The first-order chi connectivity index (χ1) is 9.22. The average Bonchev–Trinajstić information content (AvgIpc) is 2.43. The third kappa shape index (κ3) is 3.32. The fourth-order valence-electron chi connectivity index (χ4n) is 1.90. The van der Waals surface area contributed by atoms with E-state index in [1.807, 2.05) is 13.8 Å². The Balaban J connectivity index is 2.26. The highest BCUT2D eigenvalue weighted by atomic mass is 15.0. The molecule has 0 amide bonds. The largest absolute Gasteiger partial charge is 0.313 e. The van der Waals surface area contributed by atoms with Crippen LogP contribution in [0.2, 0.25) is 0 Å². The van der Waals surface area contributed by atoms with Gasteiger partial charge in [-0.2, -0.15) is 0 Å². The number of nitrogens with one attached hydrogen (secondary N) is 1. The molecule has 0 fully saturated rings. The first kappa shape index (κ1) is 13.5. The fraction of sp³-hybridized carbons (Fsp3) is 0.429. The number of aryl methyl sites for hydroxylation is 2. The monoisotopic (exact) mass is 257 g/mol. The predicted molar refractivity (Wildman–Crippen MR) is 74.5 cm³/mol. The lowest BCUT2D eigenvalue weighted by Gasteiger charge is -2.10. The Bertz CT molecular complexity index is 516. The Kier molecular flexibility index (Phi) is 4.52.